The summed E-state index contributed by atoms with van der Waals surface area (Å²) in [7, 11) is 0. The Balaban J connectivity index is 1.48. The van der Waals surface area contributed by atoms with Gasteiger partial charge in [-0.2, -0.15) is 0 Å². The first kappa shape index (κ1) is 16.6. The van der Waals surface area contributed by atoms with Gasteiger partial charge in [-0.05, 0) is 31.6 Å². The Morgan fingerprint density at radius 1 is 1.30 bits per heavy atom. The Morgan fingerprint density at radius 2 is 2.09 bits per heavy atom. The summed E-state index contributed by atoms with van der Waals surface area (Å²) in [5.41, 5.74) is 0. The van der Waals surface area contributed by atoms with E-state index in [0.717, 1.165) is 37.3 Å². The Labute approximate surface area is 141 Å². The number of hydrogen-bond donors (Lipinski definition) is 2. The largest absolute Gasteiger partial charge is 0.378 e. The first-order valence-corrected chi connectivity index (χ1v) is 9.53. The van der Waals surface area contributed by atoms with Gasteiger partial charge in [-0.1, -0.05) is 38.0 Å². The van der Waals surface area contributed by atoms with E-state index in [4.69, 9.17) is 4.74 Å². The van der Waals surface area contributed by atoms with E-state index < -0.39 is 0 Å². The average Bonchev–Trinajstić information content (AvgIpc) is 3.29. The fourth-order valence-corrected chi connectivity index (χ4v) is 4.11. The summed E-state index contributed by atoms with van der Waals surface area (Å²) in [4.78, 5) is 12.2. The van der Waals surface area contributed by atoms with E-state index in [1.807, 2.05) is 0 Å². The highest BCUT2D eigenvalue weighted by molar-refractivity contribution is 7.15. The third-order valence-corrected chi connectivity index (χ3v) is 5.81. The van der Waals surface area contributed by atoms with Crippen molar-refractivity contribution in [3.63, 3.8) is 0 Å². The third-order valence-electron chi connectivity index (χ3n) is 4.81. The van der Waals surface area contributed by atoms with Gasteiger partial charge in [0.1, 0.15) is 5.01 Å². The van der Waals surface area contributed by atoms with Crippen molar-refractivity contribution in [2.75, 3.05) is 11.9 Å². The van der Waals surface area contributed by atoms with Crippen molar-refractivity contribution >= 4 is 22.5 Å². The molecule has 3 rings (SSSR count). The third kappa shape index (κ3) is 4.41. The molecular weight excluding hydrogens is 312 g/mol. The van der Waals surface area contributed by atoms with Gasteiger partial charge in [-0.3, -0.25) is 5.32 Å². The van der Waals surface area contributed by atoms with Crippen molar-refractivity contribution in [2.45, 2.75) is 70.4 Å². The van der Waals surface area contributed by atoms with Crippen molar-refractivity contribution < 1.29 is 9.53 Å². The number of carbonyl (C=O) groups is 1. The van der Waals surface area contributed by atoms with E-state index in [0.29, 0.717) is 17.0 Å². The van der Waals surface area contributed by atoms with Crippen LogP contribution in [0.5, 0.6) is 0 Å². The number of anilines is 1. The number of aromatic nitrogens is 2. The zero-order chi connectivity index (χ0) is 16.2. The summed E-state index contributed by atoms with van der Waals surface area (Å²) < 4.78 is 5.90. The molecular formula is C16H26N4O2S. The molecule has 1 saturated carbocycles. The molecule has 1 saturated heterocycles. The Kier molecular flexibility index (Phi) is 5.48. The van der Waals surface area contributed by atoms with Crippen molar-refractivity contribution in [1.82, 2.24) is 15.5 Å². The van der Waals surface area contributed by atoms with Gasteiger partial charge < -0.3 is 10.1 Å². The summed E-state index contributed by atoms with van der Waals surface area (Å²) in [6.45, 7) is 5.12. The van der Waals surface area contributed by atoms with Crippen molar-refractivity contribution in [3.05, 3.63) is 5.01 Å². The molecule has 7 heteroatoms. The van der Waals surface area contributed by atoms with Crippen LogP contribution in [0, 0.1) is 5.92 Å². The standard InChI is InChI=1S/C16H26N4O2S/c1-3-10(4-2)13-9-12(7-8-22-13)17-15(21)18-16-20-19-14(23-16)11-5-6-11/h10-13H,3-9H2,1-2H3,(H2,17,18,20,21). The molecule has 1 aromatic heterocycles. The van der Waals surface area contributed by atoms with Crippen LogP contribution in [0.4, 0.5) is 9.93 Å². The Bertz CT molecular complexity index is 528. The Morgan fingerprint density at radius 3 is 2.78 bits per heavy atom. The molecule has 0 bridgehead atoms. The molecule has 2 unspecified atom stereocenters. The van der Waals surface area contributed by atoms with Crippen LogP contribution in [0.2, 0.25) is 0 Å². The average molecular weight is 338 g/mol. The first-order valence-electron chi connectivity index (χ1n) is 8.72. The highest BCUT2D eigenvalue weighted by atomic mass is 32.1. The molecule has 1 aliphatic heterocycles. The SMILES string of the molecule is CCC(CC)C1CC(NC(=O)Nc2nnc(C3CC3)s2)CCO1. The highest BCUT2D eigenvalue weighted by Gasteiger charge is 2.29. The van der Waals surface area contributed by atoms with Crippen LogP contribution in [-0.4, -0.2) is 35.0 Å². The predicted octanol–water partition coefficient (Wildman–Crippen LogP) is 3.52. The zero-order valence-corrected chi connectivity index (χ0v) is 14.7. The zero-order valence-electron chi connectivity index (χ0n) is 13.9. The van der Waals surface area contributed by atoms with E-state index in [2.05, 4.69) is 34.7 Å². The molecule has 2 heterocycles. The molecule has 23 heavy (non-hydrogen) atoms. The molecule has 2 N–H and O–H groups in total. The van der Waals surface area contributed by atoms with E-state index in [1.165, 1.54) is 24.2 Å². The monoisotopic (exact) mass is 338 g/mol. The van der Waals surface area contributed by atoms with Gasteiger partial charge in [0.15, 0.2) is 0 Å². The number of nitrogens with zero attached hydrogens (tertiary/aromatic N) is 2. The topological polar surface area (TPSA) is 76.1 Å². The fraction of sp³-hybridized carbons (Fsp3) is 0.812. The number of amides is 2. The van der Waals surface area contributed by atoms with E-state index in [9.17, 15) is 4.79 Å². The molecule has 0 aromatic carbocycles. The molecule has 0 spiro atoms. The van der Waals surface area contributed by atoms with Gasteiger partial charge >= 0.3 is 6.03 Å². The second-order valence-corrected chi connectivity index (χ2v) is 7.53. The van der Waals surface area contributed by atoms with Crippen molar-refractivity contribution in [1.29, 1.82) is 0 Å². The number of rotatable bonds is 6. The maximum Gasteiger partial charge on any atom is 0.321 e. The van der Waals surface area contributed by atoms with Crippen LogP contribution in [0.15, 0.2) is 0 Å². The molecule has 0 radical (unpaired) electrons. The first-order chi connectivity index (χ1) is 11.2. The van der Waals surface area contributed by atoms with Crippen LogP contribution in [-0.2, 0) is 4.74 Å². The molecule has 1 aromatic rings. The minimum absolute atomic E-state index is 0.171. The van der Waals surface area contributed by atoms with Crippen molar-refractivity contribution in [3.8, 4) is 0 Å². The summed E-state index contributed by atoms with van der Waals surface area (Å²) in [6, 6.07) is -0.0103. The maximum absolute atomic E-state index is 12.2. The molecule has 6 nitrogen and oxygen atoms in total. The van der Waals surface area contributed by atoms with Gasteiger partial charge in [-0.25, -0.2) is 4.79 Å². The van der Waals surface area contributed by atoms with E-state index >= 15 is 0 Å². The lowest BCUT2D eigenvalue weighted by Crippen LogP contribution is -2.45. The highest BCUT2D eigenvalue weighted by Crippen LogP contribution is 2.42. The van der Waals surface area contributed by atoms with Gasteiger partial charge in [0.25, 0.3) is 0 Å². The minimum atomic E-state index is -0.182. The van der Waals surface area contributed by atoms with Crippen LogP contribution >= 0.6 is 11.3 Å². The van der Waals surface area contributed by atoms with Crippen molar-refractivity contribution in [2.24, 2.45) is 5.92 Å². The number of carbonyl (C=O) groups excluding carboxylic acids is 1. The van der Waals surface area contributed by atoms with Gasteiger partial charge in [0.2, 0.25) is 5.13 Å². The van der Waals surface area contributed by atoms with Crippen LogP contribution in [0.25, 0.3) is 0 Å². The fourth-order valence-electron chi connectivity index (χ4n) is 3.20. The number of urea groups is 1. The van der Waals surface area contributed by atoms with E-state index in [-0.39, 0.29) is 18.2 Å². The predicted molar refractivity (Wildman–Crippen MR) is 90.9 cm³/mol. The smallest absolute Gasteiger partial charge is 0.321 e. The summed E-state index contributed by atoms with van der Waals surface area (Å²) in [5, 5.41) is 15.7. The number of ether oxygens (including phenoxy) is 1. The lowest BCUT2D eigenvalue weighted by atomic mass is 9.89. The molecule has 2 amide bonds. The molecule has 1 aliphatic carbocycles. The molecule has 2 fully saturated rings. The quantitative estimate of drug-likeness (QED) is 0.832. The molecule has 2 aliphatic rings. The van der Waals surface area contributed by atoms with Gasteiger partial charge in [0, 0.05) is 18.6 Å². The maximum atomic E-state index is 12.2. The summed E-state index contributed by atoms with van der Waals surface area (Å²) >= 11 is 1.49. The Hall–Kier alpha value is -1.21. The normalized spacial score (nSPS) is 24.7. The molecule has 2 atom stereocenters. The lowest BCUT2D eigenvalue weighted by molar-refractivity contribution is -0.0329. The second-order valence-electron chi connectivity index (χ2n) is 6.53. The second kappa shape index (κ2) is 7.57. The van der Waals surface area contributed by atoms with Gasteiger partial charge in [0.05, 0.1) is 6.10 Å². The molecule has 128 valence electrons. The summed E-state index contributed by atoms with van der Waals surface area (Å²) in [5.74, 6) is 1.15. The van der Waals surface area contributed by atoms with Crippen LogP contribution in [0.3, 0.4) is 0 Å². The number of hydrogen-bond acceptors (Lipinski definition) is 5. The van der Waals surface area contributed by atoms with E-state index in [1.54, 1.807) is 0 Å². The van der Waals surface area contributed by atoms with Crippen LogP contribution in [0.1, 0.15) is 63.3 Å². The lowest BCUT2D eigenvalue weighted by Gasteiger charge is -2.34. The van der Waals surface area contributed by atoms with Gasteiger partial charge in [-0.15, -0.1) is 10.2 Å². The number of nitrogens with one attached hydrogen (secondary N) is 2. The summed E-state index contributed by atoms with van der Waals surface area (Å²) in [6.07, 6.45) is 6.65. The van der Waals surface area contributed by atoms with Crippen LogP contribution < -0.4 is 10.6 Å². The minimum Gasteiger partial charge on any atom is -0.378 e.